The van der Waals surface area contributed by atoms with Crippen LogP contribution in [0.3, 0.4) is 0 Å². The lowest BCUT2D eigenvalue weighted by atomic mass is 9.88. The first-order chi connectivity index (χ1) is 15.7. The summed E-state index contributed by atoms with van der Waals surface area (Å²) in [5.74, 6) is 0.345. The zero-order valence-electron chi connectivity index (χ0n) is 18.8. The lowest BCUT2D eigenvalue weighted by Gasteiger charge is -2.31. The van der Waals surface area contributed by atoms with Crippen molar-refractivity contribution < 1.29 is 9.59 Å². The largest absolute Gasteiger partial charge is 0.347 e. The van der Waals surface area contributed by atoms with E-state index >= 15 is 0 Å². The van der Waals surface area contributed by atoms with Crippen LogP contribution in [0.15, 0.2) is 36.5 Å². The molecular weight excluding hydrogens is 400 g/mol. The first-order valence-corrected chi connectivity index (χ1v) is 12.4. The molecule has 6 nitrogen and oxygen atoms in total. The number of carbonyl (C=O) groups excluding carboxylic acids is 2. The zero-order chi connectivity index (χ0) is 21.9. The van der Waals surface area contributed by atoms with Crippen molar-refractivity contribution >= 4 is 11.8 Å². The number of hydrogen-bond donors (Lipinski definition) is 1. The van der Waals surface area contributed by atoms with E-state index in [1.165, 1.54) is 17.7 Å². The third kappa shape index (κ3) is 4.32. The Morgan fingerprint density at radius 2 is 1.78 bits per heavy atom. The van der Waals surface area contributed by atoms with Crippen LogP contribution in [0.2, 0.25) is 0 Å². The normalized spacial score (nSPS) is 23.7. The van der Waals surface area contributed by atoms with Gasteiger partial charge in [0.1, 0.15) is 6.04 Å². The topological polar surface area (TPSA) is 67.2 Å². The third-order valence-electron chi connectivity index (χ3n) is 7.55. The fourth-order valence-electron chi connectivity index (χ4n) is 5.82. The molecule has 2 fully saturated rings. The molecule has 2 atom stereocenters. The van der Waals surface area contributed by atoms with E-state index in [0.717, 1.165) is 76.4 Å². The standard InChI is InChI=1S/C26H34N4O2/c31-25(24-15-8-16-29(24)26(32)20-11-5-2-6-12-20)28-22-13-7-14-23-21(22)17-27-30(23)18-19-9-3-1-4-10-19/h1,3-4,9-10,17,20,22,24H,2,5-8,11-16,18H2,(H,28,31). The number of rotatable bonds is 5. The van der Waals surface area contributed by atoms with Gasteiger partial charge in [-0.15, -0.1) is 0 Å². The fourth-order valence-corrected chi connectivity index (χ4v) is 5.82. The molecular formula is C26H34N4O2. The number of amides is 2. The van der Waals surface area contributed by atoms with Gasteiger partial charge in [0.15, 0.2) is 0 Å². The molecule has 2 aliphatic carbocycles. The lowest BCUT2D eigenvalue weighted by molar-refractivity contribution is -0.142. The highest BCUT2D eigenvalue weighted by Crippen LogP contribution is 2.32. The predicted octanol–water partition coefficient (Wildman–Crippen LogP) is 4.00. The Hall–Kier alpha value is -2.63. The average molecular weight is 435 g/mol. The summed E-state index contributed by atoms with van der Waals surface area (Å²) in [6.45, 7) is 1.47. The summed E-state index contributed by atoms with van der Waals surface area (Å²) in [7, 11) is 0. The number of nitrogens with zero attached hydrogens (tertiary/aromatic N) is 3. The monoisotopic (exact) mass is 434 g/mol. The van der Waals surface area contributed by atoms with Crippen LogP contribution in [-0.4, -0.2) is 39.1 Å². The molecule has 1 saturated carbocycles. The molecule has 6 heteroatoms. The molecule has 1 saturated heterocycles. The summed E-state index contributed by atoms with van der Waals surface area (Å²) in [5.41, 5.74) is 3.60. The van der Waals surface area contributed by atoms with E-state index < -0.39 is 0 Å². The molecule has 1 aromatic carbocycles. The van der Waals surface area contributed by atoms with E-state index in [0.29, 0.717) is 0 Å². The Morgan fingerprint density at radius 1 is 0.969 bits per heavy atom. The van der Waals surface area contributed by atoms with Gasteiger partial charge in [0.25, 0.3) is 0 Å². The first kappa shape index (κ1) is 21.2. The molecule has 1 aromatic heterocycles. The average Bonchev–Trinajstić information content (AvgIpc) is 3.48. The second-order valence-corrected chi connectivity index (χ2v) is 9.67. The van der Waals surface area contributed by atoms with Gasteiger partial charge in [-0.1, -0.05) is 49.6 Å². The number of benzene rings is 1. The minimum absolute atomic E-state index is 0.0111. The molecule has 1 aliphatic heterocycles. The van der Waals surface area contributed by atoms with E-state index in [4.69, 9.17) is 0 Å². The van der Waals surface area contributed by atoms with E-state index in [9.17, 15) is 9.59 Å². The summed E-state index contributed by atoms with van der Waals surface area (Å²) < 4.78 is 2.08. The maximum Gasteiger partial charge on any atom is 0.243 e. The highest BCUT2D eigenvalue weighted by atomic mass is 16.2. The van der Waals surface area contributed by atoms with Crippen LogP contribution in [0.1, 0.15) is 80.7 Å². The van der Waals surface area contributed by atoms with Gasteiger partial charge in [0.2, 0.25) is 11.8 Å². The molecule has 5 rings (SSSR count). The van der Waals surface area contributed by atoms with Crippen LogP contribution < -0.4 is 5.32 Å². The van der Waals surface area contributed by atoms with E-state index in [1.54, 1.807) is 0 Å². The molecule has 3 aliphatic rings. The van der Waals surface area contributed by atoms with Crippen molar-refractivity contribution in [1.29, 1.82) is 0 Å². The Morgan fingerprint density at radius 3 is 2.59 bits per heavy atom. The van der Waals surface area contributed by atoms with E-state index in [-0.39, 0.29) is 29.8 Å². The first-order valence-electron chi connectivity index (χ1n) is 12.4. The molecule has 32 heavy (non-hydrogen) atoms. The van der Waals surface area contributed by atoms with Crippen LogP contribution in [0, 0.1) is 5.92 Å². The SMILES string of the molecule is O=C(NC1CCCc2c1cnn2Cc1ccccc1)C1CCCN1C(=O)C1CCCCC1. The van der Waals surface area contributed by atoms with Gasteiger partial charge < -0.3 is 10.2 Å². The molecule has 0 bridgehead atoms. The van der Waals surface area contributed by atoms with Crippen LogP contribution in [-0.2, 0) is 22.6 Å². The molecule has 2 unspecified atom stereocenters. The molecule has 170 valence electrons. The van der Waals surface area contributed by atoms with Gasteiger partial charge in [0, 0.05) is 23.7 Å². The van der Waals surface area contributed by atoms with Crippen molar-refractivity contribution in [1.82, 2.24) is 20.0 Å². The number of carbonyl (C=O) groups is 2. The summed E-state index contributed by atoms with van der Waals surface area (Å²) >= 11 is 0. The van der Waals surface area contributed by atoms with Crippen LogP contribution in [0.4, 0.5) is 0 Å². The number of likely N-dealkylation sites (tertiary alicyclic amines) is 1. The van der Waals surface area contributed by atoms with Gasteiger partial charge >= 0.3 is 0 Å². The predicted molar refractivity (Wildman–Crippen MR) is 123 cm³/mol. The summed E-state index contributed by atoms with van der Waals surface area (Å²) in [6.07, 6.45) is 12.1. The zero-order valence-corrected chi connectivity index (χ0v) is 18.8. The van der Waals surface area contributed by atoms with Crippen LogP contribution >= 0.6 is 0 Å². The number of hydrogen-bond acceptors (Lipinski definition) is 3. The maximum absolute atomic E-state index is 13.3. The molecule has 2 aromatic rings. The minimum Gasteiger partial charge on any atom is -0.347 e. The molecule has 2 heterocycles. The number of fused-ring (bicyclic) bond motifs is 1. The summed E-state index contributed by atoms with van der Waals surface area (Å²) in [4.78, 5) is 28.3. The molecule has 0 spiro atoms. The number of nitrogens with one attached hydrogen (secondary N) is 1. The van der Waals surface area contributed by atoms with Gasteiger partial charge in [-0.2, -0.15) is 5.10 Å². The van der Waals surface area contributed by atoms with E-state index in [2.05, 4.69) is 39.4 Å². The summed E-state index contributed by atoms with van der Waals surface area (Å²) in [6, 6.07) is 10.0. The van der Waals surface area contributed by atoms with Crippen molar-refractivity contribution in [3.8, 4) is 0 Å². The molecule has 1 N–H and O–H groups in total. The Labute approximate surface area is 190 Å². The van der Waals surface area contributed by atoms with Gasteiger partial charge in [0.05, 0.1) is 18.8 Å². The Kier molecular flexibility index (Phi) is 6.28. The van der Waals surface area contributed by atoms with Crippen molar-refractivity contribution in [3.05, 3.63) is 53.3 Å². The third-order valence-corrected chi connectivity index (χ3v) is 7.55. The summed E-state index contributed by atoms with van der Waals surface area (Å²) in [5, 5.41) is 7.95. The van der Waals surface area contributed by atoms with Crippen molar-refractivity contribution in [2.75, 3.05) is 6.54 Å². The highest BCUT2D eigenvalue weighted by Gasteiger charge is 2.38. The molecule has 2 amide bonds. The molecule has 0 radical (unpaired) electrons. The Balaban J connectivity index is 1.26. The van der Waals surface area contributed by atoms with Crippen molar-refractivity contribution in [2.24, 2.45) is 5.92 Å². The Bertz CT molecular complexity index is 948. The second kappa shape index (κ2) is 9.47. The minimum atomic E-state index is -0.311. The maximum atomic E-state index is 13.3. The van der Waals surface area contributed by atoms with Gasteiger partial charge in [-0.05, 0) is 50.5 Å². The fraction of sp³-hybridized carbons (Fsp3) is 0.577. The second-order valence-electron chi connectivity index (χ2n) is 9.67. The quantitative estimate of drug-likeness (QED) is 0.774. The van der Waals surface area contributed by atoms with Gasteiger partial charge in [-0.25, -0.2) is 0 Å². The van der Waals surface area contributed by atoms with Gasteiger partial charge in [-0.3, -0.25) is 14.3 Å². The van der Waals surface area contributed by atoms with E-state index in [1.807, 2.05) is 17.2 Å². The highest BCUT2D eigenvalue weighted by molar-refractivity contribution is 5.89. The smallest absolute Gasteiger partial charge is 0.243 e. The van der Waals surface area contributed by atoms with Crippen molar-refractivity contribution in [3.63, 3.8) is 0 Å². The van der Waals surface area contributed by atoms with Crippen molar-refractivity contribution in [2.45, 2.75) is 82.8 Å². The lowest BCUT2D eigenvalue weighted by Crippen LogP contribution is -2.49. The van der Waals surface area contributed by atoms with Crippen LogP contribution in [0.25, 0.3) is 0 Å². The number of aromatic nitrogens is 2. The van der Waals surface area contributed by atoms with Crippen LogP contribution in [0.5, 0.6) is 0 Å².